The number of hydrogen-bond acceptors (Lipinski definition) is 6. The van der Waals surface area contributed by atoms with Gasteiger partial charge in [0.15, 0.2) is 0 Å². The Labute approximate surface area is 297 Å². The van der Waals surface area contributed by atoms with Crippen LogP contribution in [0.1, 0.15) is 95.3 Å². The summed E-state index contributed by atoms with van der Waals surface area (Å²) in [6, 6.07) is 12.1. The van der Waals surface area contributed by atoms with Crippen molar-refractivity contribution < 1.29 is 28.7 Å². The van der Waals surface area contributed by atoms with E-state index in [0.717, 1.165) is 50.5 Å². The molecule has 4 amide bonds. The summed E-state index contributed by atoms with van der Waals surface area (Å²) in [5, 5.41) is 11.9. The zero-order valence-electron chi connectivity index (χ0n) is 28.1. The number of carbonyl (C=O) groups excluding carboxylic acids is 5. The Balaban J connectivity index is 1.38. The van der Waals surface area contributed by atoms with Crippen molar-refractivity contribution in [1.29, 1.82) is 0 Å². The molecular weight excluding hydrogens is 667 g/mol. The number of nitrogens with one attached hydrogen (secondary N) is 4. The summed E-state index contributed by atoms with van der Waals surface area (Å²) < 4.78 is 6.17. The third-order valence-corrected chi connectivity index (χ3v) is 10.6. The second-order valence-electron chi connectivity index (χ2n) is 14.2. The standard InChI is InChI=1S/C37H46Cl2N4O6/c1-37(2,24-11-8-12-25(38)21-24)32(27-13-6-7-14-28(27)39)49-36(48)43-30(19-22-9-4-3-5-10-22)34(46)42-29(20-23-17-18-40-33(23)45)31(44)35(47)41-26-15-16-26/h6-8,11-14,21-23,26,29-30,32H,3-5,9-10,15-20H2,1-2H3,(H,40,45)(H,41,47)(H,42,46)(H,43,48). The highest BCUT2D eigenvalue weighted by Gasteiger charge is 2.40. The van der Waals surface area contributed by atoms with Crippen molar-refractivity contribution in [3.63, 3.8) is 0 Å². The van der Waals surface area contributed by atoms with E-state index in [4.69, 9.17) is 27.9 Å². The van der Waals surface area contributed by atoms with E-state index in [0.29, 0.717) is 35.0 Å². The normalized spacial score (nSPS) is 20.0. The molecule has 2 aromatic rings. The molecular formula is C37H46Cl2N4O6. The maximum absolute atomic E-state index is 14.0. The molecule has 2 saturated carbocycles. The smallest absolute Gasteiger partial charge is 0.408 e. The molecule has 0 radical (unpaired) electrons. The summed E-state index contributed by atoms with van der Waals surface area (Å²) in [7, 11) is 0. The predicted molar refractivity (Wildman–Crippen MR) is 187 cm³/mol. The molecule has 0 spiro atoms. The van der Waals surface area contributed by atoms with E-state index in [-0.39, 0.29) is 24.3 Å². The van der Waals surface area contributed by atoms with Gasteiger partial charge < -0.3 is 26.0 Å². The Morgan fingerprint density at radius 2 is 1.63 bits per heavy atom. The Hall–Kier alpha value is -3.63. The number of halogens is 2. The molecule has 12 heteroatoms. The van der Waals surface area contributed by atoms with E-state index in [2.05, 4.69) is 21.3 Å². The first-order valence-electron chi connectivity index (χ1n) is 17.3. The van der Waals surface area contributed by atoms with Crippen LogP contribution in [0.15, 0.2) is 48.5 Å². The molecule has 3 aliphatic rings. The Kier molecular flexibility index (Phi) is 12.3. The van der Waals surface area contributed by atoms with Crippen LogP contribution in [-0.2, 0) is 29.3 Å². The zero-order chi connectivity index (χ0) is 35.1. The number of ketones is 1. The van der Waals surface area contributed by atoms with E-state index in [1.54, 1.807) is 24.3 Å². The van der Waals surface area contributed by atoms with Crippen LogP contribution >= 0.6 is 23.2 Å². The van der Waals surface area contributed by atoms with Gasteiger partial charge in [-0.2, -0.15) is 0 Å². The molecule has 10 nitrogen and oxygen atoms in total. The van der Waals surface area contributed by atoms with Crippen molar-refractivity contribution in [3.8, 4) is 0 Å². The van der Waals surface area contributed by atoms with Crippen LogP contribution in [0.4, 0.5) is 4.79 Å². The zero-order valence-corrected chi connectivity index (χ0v) is 29.6. The molecule has 2 aliphatic carbocycles. The minimum absolute atomic E-state index is 0.0164. The second-order valence-corrected chi connectivity index (χ2v) is 15.0. The van der Waals surface area contributed by atoms with Gasteiger partial charge in [0.25, 0.3) is 5.91 Å². The molecule has 4 N–H and O–H groups in total. The highest BCUT2D eigenvalue weighted by atomic mass is 35.5. The summed E-state index contributed by atoms with van der Waals surface area (Å²) in [4.78, 5) is 66.5. The molecule has 0 bridgehead atoms. The molecule has 2 aromatic carbocycles. The van der Waals surface area contributed by atoms with Crippen LogP contribution in [0.25, 0.3) is 0 Å². The molecule has 3 fully saturated rings. The van der Waals surface area contributed by atoms with Crippen LogP contribution in [-0.4, -0.2) is 54.3 Å². The lowest BCUT2D eigenvalue weighted by Gasteiger charge is -2.36. The first kappa shape index (κ1) is 36.6. The van der Waals surface area contributed by atoms with Crippen molar-refractivity contribution in [3.05, 3.63) is 69.7 Å². The highest BCUT2D eigenvalue weighted by Crippen LogP contribution is 2.42. The van der Waals surface area contributed by atoms with Crippen molar-refractivity contribution in [2.75, 3.05) is 6.54 Å². The Morgan fingerprint density at radius 1 is 0.898 bits per heavy atom. The highest BCUT2D eigenvalue weighted by molar-refractivity contribution is 6.38. The van der Waals surface area contributed by atoms with Crippen molar-refractivity contribution in [2.45, 2.75) is 108 Å². The monoisotopic (exact) mass is 712 g/mol. The van der Waals surface area contributed by atoms with E-state index in [9.17, 15) is 24.0 Å². The lowest BCUT2D eigenvalue weighted by atomic mass is 9.76. The number of alkyl carbamates (subject to hydrolysis) is 1. The van der Waals surface area contributed by atoms with Gasteiger partial charge in [0.1, 0.15) is 12.1 Å². The predicted octanol–water partition coefficient (Wildman–Crippen LogP) is 5.94. The second kappa shape index (κ2) is 16.4. The molecule has 4 unspecified atom stereocenters. The number of benzene rings is 2. The average Bonchev–Trinajstić information content (AvgIpc) is 3.81. The maximum atomic E-state index is 14.0. The first-order valence-corrected chi connectivity index (χ1v) is 18.1. The lowest BCUT2D eigenvalue weighted by Crippen LogP contribution is -2.55. The summed E-state index contributed by atoms with van der Waals surface area (Å²) in [6.07, 6.45) is 5.63. The quantitative estimate of drug-likeness (QED) is 0.179. The van der Waals surface area contributed by atoms with Crippen LogP contribution in [0.3, 0.4) is 0 Å². The van der Waals surface area contributed by atoms with Crippen molar-refractivity contribution >= 4 is 52.8 Å². The van der Waals surface area contributed by atoms with E-state index >= 15 is 0 Å². The van der Waals surface area contributed by atoms with Gasteiger partial charge in [-0.25, -0.2) is 4.79 Å². The molecule has 4 atom stereocenters. The number of carbonyl (C=O) groups is 5. The number of rotatable bonds is 14. The SMILES string of the molecule is CC(C)(c1cccc(Cl)c1)C(OC(=O)NC(CC1CCCCC1)C(=O)NC(CC1CCNC1=O)C(=O)C(=O)NC1CC1)c1ccccc1Cl. The number of hydrogen-bond donors (Lipinski definition) is 4. The maximum Gasteiger partial charge on any atom is 0.408 e. The van der Waals surface area contributed by atoms with Gasteiger partial charge in [-0.05, 0) is 61.8 Å². The minimum Gasteiger partial charge on any atom is -0.440 e. The fourth-order valence-corrected chi connectivity index (χ4v) is 7.32. The fraction of sp³-hybridized carbons (Fsp3) is 0.541. The fourth-order valence-electron chi connectivity index (χ4n) is 6.90. The molecule has 1 saturated heterocycles. The van der Waals surface area contributed by atoms with Crippen LogP contribution < -0.4 is 21.3 Å². The summed E-state index contributed by atoms with van der Waals surface area (Å²) in [5.74, 6) is -2.78. The minimum atomic E-state index is -1.23. The molecule has 49 heavy (non-hydrogen) atoms. The van der Waals surface area contributed by atoms with E-state index in [1.807, 2.05) is 38.1 Å². The van der Waals surface area contributed by atoms with Gasteiger partial charge in [0.05, 0.1) is 6.04 Å². The van der Waals surface area contributed by atoms with Crippen molar-refractivity contribution in [2.24, 2.45) is 11.8 Å². The molecule has 1 heterocycles. The van der Waals surface area contributed by atoms with Crippen LogP contribution in [0.5, 0.6) is 0 Å². The van der Waals surface area contributed by atoms with Gasteiger partial charge in [-0.15, -0.1) is 0 Å². The third kappa shape index (κ3) is 9.75. The number of ether oxygens (including phenoxy) is 1. The van der Waals surface area contributed by atoms with E-state index in [1.165, 1.54) is 0 Å². The molecule has 264 valence electrons. The van der Waals surface area contributed by atoms with Gasteiger partial charge in [0, 0.05) is 39.5 Å². The summed E-state index contributed by atoms with van der Waals surface area (Å²) >= 11 is 13.0. The largest absolute Gasteiger partial charge is 0.440 e. The van der Waals surface area contributed by atoms with Gasteiger partial charge in [-0.3, -0.25) is 19.2 Å². The topological polar surface area (TPSA) is 143 Å². The van der Waals surface area contributed by atoms with Crippen LogP contribution in [0.2, 0.25) is 10.0 Å². The third-order valence-electron chi connectivity index (χ3n) is 9.99. The van der Waals surface area contributed by atoms with Gasteiger partial charge >= 0.3 is 6.09 Å². The first-order chi connectivity index (χ1) is 23.4. The van der Waals surface area contributed by atoms with Crippen molar-refractivity contribution in [1.82, 2.24) is 21.3 Å². The summed E-state index contributed by atoms with van der Waals surface area (Å²) in [5.41, 5.74) is 0.596. The Morgan fingerprint density at radius 3 is 2.29 bits per heavy atom. The summed E-state index contributed by atoms with van der Waals surface area (Å²) in [6.45, 7) is 4.31. The van der Waals surface area contributed by atoms with Gasteiger partial charge in [0.2, 0.25) is 17.6 Å². The number of Topliss-reactive ketones (excluding diaryl/α,β-unsaturated/α-hetero) is 1. The number of amides is 4. The molecule has 0 aromatic heterocycles. The Bertz CT molecular complexity index is 1540. The molecule has 1 aliphatic heterocycles. The molecule has 5 rings (SSSR count). The van der Waals surface area contributed by atoms with E-state index < -0.39 is 53.2 Å². The average molecular weight is 714 g/mol. The lowest BCUT2D eigenvalue weighted by molar-refractivity contribution is -0.141. The van der Waals surface area contributed by atoms with Crippen LogP contribution in [0, 0.1) is 11.8 Å². The van der Waals surface area contributed by atoms with Gasteiger partial charge in [-0.1, -0.05) is 99.5 Å².